The normalized spacial score (nSPS) is 17.4. The van der Waals surface area contributed by atoms with Gasteiger partial charge in [-0.3, -0.25) is 4.68 Å². The lowest BCUT2D eigenvalue weighted by Crippen LogP contribution is -2.29. The van der Waals surface area contributed by atoms with Crippen LogP contribution in [0.3, 0.4) is 0 Å². The Balaban J connectivity index is 2.14. The fourth-order valence-corrected chi connectivity index (χ4v) is 1.96. The molecule has 2 rings (SSSR count). The zero-order chi connectivity index (χ0) is 9.97. The molecule has 0 bridgehead atoms. The maximum absolute atomic E-state index is 5.61. The molecule has 0 aromatic carbocycles. The highest BCUT2D eigenvalue weighted by atomic mass is 15.3. The summed E-state index contributed by atoms with van der Waals surface area (Å²) in [6, 6.07) is 2.10. The van der Waals surface area contributed by atoms with Crippen molar-refractivity contribution < 1.29 is 0 Å². The predicted octanol–water partition coefficient (Wildman–Crippen LogP) is 0.869. The maximum atomic E-state index is 5.61. The van der Waals surface area contributed by atoms with Crippen molar-refractivity contribution in [2.24, 2.45) is 12.8 Å². The number of aromatic nitrogens is 2. The van der Waals surface area contributed by atoms with Crippen LogP contribution in [0.25, 0.3) is 0 Å². The summed E-state index contributed by atoms with van der Waals surface area (Å²) in [5.74, 6) is 1.09. The molecule has 1 aromatic heterocycles. The molecule has 0 unspecified atom stereocenters. The number of nitrogens with two attached hydrogens (primary N) is 1. The average Bonchev–Trinajstić information content (AvgIpc) is 2.61. The summed E-state index contributed by atoms with van der Waals surface area (Å²) in [6.45, 7) is 2.85. The number of hydrogen-bond acceptors (Lipinski definition) is 3. The number of rotatable bonds is 2. The van der Waals surface area contributed by atoms with Gasteiger partial charge in [0.05, 0.1) is 5.69 Å². The molecule has 0 aliphatic carbocycles. The van der Waals surface area contributed by atoms with Crippen molar-refractivity contribution in [2.75, 3.05) is 18.0 Å². The number of nitrogens with zero attached hydrogens (tertiary/aromatic N) is 3. The molecule has 1 aliphatic rings. The van der Waals surface area contributed by atoms with Crippen LogP contribution in [0.4, 0.5) is 5.82 Å². The van der Waals surface area contributed by atoms with Crippen LogP contribution in [0.1, 0.15) is 25.0 Å². The summed E-state index contributed by atoms with van der Waals surface area (Å²) in [6.07, 6.45) is 3.93. The molecule has 78 valence electrons. The van der Waals surface area contributed by atoms with Gasteiger partial charge in [-0.15, -0.1) is 0 Å². The lowest BCUT2D eigenvalue weighted by molar-refractivity contribution is 0.569. The van der Waals surface area contributed by atoms with E-state index in [0.717, 1.165) is 24.6 Å². The first-order chi connectivity index (χ1) is 6.81. The zero-order valence-corrected chi connectivity index (χ0v) is 8.74. The van der Waals surface area contributed by atoms with Gasteiger partial charge < -0.3 is 10.6 Å². The standard InChI is InChI=1S/C10H18N4/c1-13-9(8-11)7-10(12-13)14-5-3-2-4-6-14/h7H,2-6,8,11H2,1H3. The van der Waals surface area contributed by atoms with Gasteiger partial charge in [-0.25, -0.2) is 0 Å². The molecule has 4 nitrogen and oxygen atoms in total. The minimum atomic E-state index is 0.567. The van der Waals surface area contributed by atoms with Gasteiger partial charge in [0.2, 0.25) is 0 Å². The Bertz CT molecular complexity index is 299. The summed E-state index contributed by atoms with van der Waals surface area (Å²) in [5.41, 5.74) is 6.72. The first-order valence-corrected chi connectivity index (χ1v) is 5.29. The number of hydrogen-bond donors (Lipinski definition) is 1. The molecule has 0 spiro atoms. The zero-order valence-electron chi connectivity index (χ0n) is 8.74. The molecule has 2 heterocycles. The minimum Gasteiger partial charge on any atom is -0.355 e. The van der Waals surface area contributed by atoms with Crippen molar-refractivity contribution in [2.45, 2.75) is 25.8 Å². The summed E-state index contributed by atoms with van der Waals surface area (Å²) in [4.78, 5) is 2.35. The lowest BCUT2D eigenvalue weighted by Gasteiger charge is -2.26. The second kappa shape index (κ2) is 4.00. The second-order valence-corrected chi connectivity index (χ2v) is 3.87. The molecule has 0 radical (unpaired) electrons. The fraction of sp³-hybridized carbons (Fsp3) is 0.700. The second-order valence-electron chi connectivity index (χ2n) is 3.87. The molecule has 2 N–H and O–H groups in total. The third-order valence-corrected chi connectivity index (χ3v) is 2.85. The van der Waals surface area contributed by atoms with Gasteiger partial charge in [0.15, 0.2) is 5.82 Å². The lowest BCUT2D eigenvalue weighted by atomic mass is 10.1. The Morgan fingerprint density at radius 2 is 2.07 bits per heavy atom. The number of aryl methyl sites for hydroxylation is 1. The summed E-state index contributed by atoms with van der Waals surface area (Å²) in [7, 11) is 1.95. The van der Waals surface area contributed by atoms with Gasteiger partial charge >= 0.3 is 0 Å². The van der Waals surface area contributed by atoms with Crippen molar-refractivity contribution >= 4 is 5.82 Å². The molecule has 0 saturated carbocycles. The largest absolute Gasteiger partial charge is 0.355 e. The van der Waals surface area contributed by atoms with Gasteiger partial charge in [0.25, 0.3) is 0 Å². The van der Waals surface area contributed by atoms with Crippen LogP contribution >= 0.6 is 0 Å². The van der Waals surface area contributed by atoms with E-state index in [1.54, 1.807) is 0 Å². The maximum Gasteiger partial charge on any atom is 0.150 e. The predicted molar refractivity (Wildman–Crippen MR) is 57.2 cm³/mol. The Morgan fingerprint density at radius 3 is 2.64 bits per heavy atom. The Morgan fingerprint density at radius 1 is 1.36 bits per heavy atom. The molecule has 4 heteroatoms. The van der Waals surface area contributed by atoms with Crippen LogP contribution in [-0.2, 0) is 13.6 Å². The SMILES string of the molecule is Cn1nc(N2CCCCC2)cc1CN. The van der Waals surface area contributed by atoms with E-state index in [2.05, 4.69) is 16.1 Å². The Labute approximate surface area is 84.7 Å². The van der Waals surface area contributed by atoms with Gasteiger partial charge in [-0.05, 0) is 19.3 Å². The third kappa shape index (κ3) is 1.75. The van der Waals surface area contributed by atoms with Gasteiger partial charge in [-0.1, -0.05) is 0 Å². The Kier molecular flexibility index (Phi) is 2.72. The highest BCUT2D eigenvalue weighted by molar-refractivity contribution is 5.40. The van der Waals surface area contributed by atoms with Gasteiger partial charge in [0, 0.05) is 32.7 Å². The fourth-order valence-electron chi connectivity index (χ4n) is 1.96. The third-order valence-electron chi connectivity index (χ3n) is 2.85. The molecule has 1 aliphatic heterocycles. The van der Waals surface area contributed by atoms with E-state index in [1.165, 1.54) is 19.3 Å². The first-order valence-electron chi connectivity index (χ1n) is 5.29. The molecular weight excluding hydrogens is 176 g/mol. The van der Waals surface area contributed by atoms with Crippen LogP contribution in [0.2, 0.25) is 0 Å². The summed E-state index contributed by atoms with van der Waals surface area (Å²) in [5, 5.41) is 4.47. The highest BCUT2D eigenvalue weighted by Gasteiger charge is 2.14. The van der Waals surface area contributed by atoms with E-state index in [-0.39, 0.29) is 0 Å². The average molecular weight is 194 g/mol. The van der Waals surface area contributed by atoms with Crippen molar-refractivity contribution in [3.8, 4) is 0 Å². The van der Waals surface area contributed by atoms with Gasteiger partial charge in [0.1, 0.15) is 0 Å². The Hall–Kier alpha value is -1.03. The first kappa shape index (κ1) is 9.52. The number of piperidine rings is 1. The topological polar surface area (TPSA) is 47.1 Å². The van der Waals surface area contributed by atoms with Crippen LogP contribution in [-0.4, -0.2) is 22.9 Å². The number of anilines is 1. The molecule has 0 amide bonds. The van der Waals surface area contributed by atoms with E-state index in [1.807, 2.05) is 11.7 Å². The summed E-state index contributed by atoms with van der Waals surface area (Å²) >= 11 is 0. The van der Waals surface area contributed by atoms with Crippen molar-refractivity contribution in [1.29, 1.82) is 0 Å². The highest BCUT2D eigenvalue weighted by Crippen LogP contribution is 2.18. The monoisotopic (exact) mass is 194 g/mol. The van der Waals surface area contributed by atoms with Crippen LogP contribution in [0, 0.1) is 0 Å². The summed E-state index contributed by atoms with van der Waals surface area (Å²) < 4.78 is 1.88. The van der Waals surface area contributed by atoms with Crippen molar-refractivity contribution in [3.05, 3.63) is 11.8 Å². The van der Waals surface area contributed by atoms with Crippen molar-refractivity contribution in [3.63, 3.8) is 0 Å². The van der Waals surface area contributed by atoms with E-state index in [4.69, 9.17) is 5.73 Å². The van der Waals surface area contributed by atoms with Crippen LogP contribution in [0.15, 0.2) is 6.07 Å². The molecule has 0 atom stereocenters. The molecule has 1 saturated heterocycles. The minimum absolute atomic E-state index is 0.567. The molecule has 1 aromatic rings. The van der Waals surface area contributed by atoms with Crippen LogP contribution in [0.5, 0.6) is 0 Å². The van der Waals surface area contributed by atoms with E-state index in [9.17, 15) is 0 Å². The molecular formula is C10H18N4. The van der Waals surface area contributed by atoms with E-state index < -0.39 is 0 Å². The quantitative estimate of drug-likeness (QED) is 0.760. The molecule has 1 fully saturated rings. The van der Waals surface area contributed by atoms with Gasteiger partial charge in [-0.2, -0.15) is 5.10 Å². The molecule has 14 heavy (non-hydrogen) atoms. The van der Waals surface area contributed by atoms with Crippen LogP contribution < -0.4 is 10.6 Å². The van der Waals surface area contributed by atoms with E-state index in [0.29, 0.717) is 6.54 Å². The van der Waals surface area contributed by atoms with E-state index >= 15 is 0 Å². The smallest absolute Gasteiger partial charge is 0.150 e. The van der Waals surface area contributed by atoms with Crippen molar-refractivity contribution in [1.82, 2.24) is 9.78 Å².